The van der Waals surface area contributed by atoms with Crippen molar-refractivity contribution in [3.63, 3.8) is 0 Å². The van der Waals surface area contributed by atoms with Gasteiger partial charge in [-0.2, -0.15) is 0 Å². The second-order valence-electron chi connectivity index (χ2n) is 6.49. The number of anilines is 1. The summed E-state index contributed by atoms with van der Waals surface area (Å²) in [7, 11) is 0. The van der Waals surface area contributed by atoms with Gasteiger partial charge in [0.05, 0.1) is 0 Å². The maximum Gasteiger partial charge on any atom is 0.264 e. The molecule has 1 saturated carbocycles. The smallest absolute Gasteiger partial charge is 0.264 e. The first kappa shape index (κ1) is 15.7. The van der Waals surface area contributed by atoms with E-state index < -0.39 is 0 Å². The van der Waals surface area contributed by atoms with Crippen LogP contribution in [0, 0.1) is 0 Å². The first-order chi connectivity index (χ1) is 12.2. The molecule has 0 radical (unpaired) electrons. The van der Waals surface area contributed by atoms with Gasteiger partial charge in [0.1, 0.15) is 5.75 Å². The molecule has 0 bridgehead atoms. The fourth-order valence-corrected chi connectivity index (χ4v) is 3.04. The third kappa shape index (κ3) is 3.50. The quantitative estimate of drug-likeness (QED) is 0.913. The molecule has 1 fully saturated rings. The van der Waals surface area contributed by atoms with Crippen LogP contribution in [0.2, 0.25) is 0 Å². The number of rotatable bonds is 5. The zero-order chi connectivity index (χ0) is 17.2. The van der Waals surface area contributed by atoms with Crippen LogP contribution in [0.1, 0.15) is 28.8 Å². The molecule has 0 aromatic heterocycles. The highest BCUT2D eigenvalue weighted by Crippen LogP contribution is 2.27. The lowest BCUT2D eigenvalue weighted by molar-refractivity contribution is -0.120. The van der Waals surface area contributed by atoms with Crippen molar-refractivity contribution in [3.05, 3.63) is 59.7 Å². The molecule has 5 nitrogen and oxygen atoms in total. The molecular weight excluding hydrogens is 316 g/mol. The number of nitrogens with zero attached hydrogens (tertiary/aromatic N) is 1. The Morgan fingerprint density at radius 3 is 2.80 bits per heavy atom. The Bertz CT molecular complexity index is 814. The minimum absolute atomic E-state index is 0.0397. The van der Waals surface area contributed by atoms with Crippen molar-refractivity contribution < 1.29 is 14.3 Å². The second-order valence-corrected chi connectivity index (χ2v) is 6.49. The van der Waals surface area contributed by atoms with Crippen molar-refractivity contribution in [1.29, 1.82) is 0 Å². The third-order valence-corrected chi connectivity index (χ3v) is 4.56. The Labute approximate surface area is 146 Å². The monoisotopic (exact) mass is 336 g/mol. The maximum atomic E-state index is 12.5. The van der Waals surface area contributed by atoms with Crippen molar-refractivity contribution in [2.75, 3.05) is 18.1 Å². The number of nitrogens with one attached hydrogen (secondary N) is 1. The number of para-hydroxylation sites is 1. The fourth-order valence-electron chi connectivity index (χ4n) is 3.04. The molecule has 1 N–H and O–H groups in total. The number of ether oxygens (including phenoxy) is 1. The largest absolute Gasteiger partial charge is 0.484 e. The van der Waals surface area contributed by atoms with E-state index in [9.17, 15) is 9.59 Å². The van der Waals surface area contributed by atoms with Crippen LogP contribution in [0.25, 0.3) is 0 Å². The molecule has 1 heterocycles. The summed E-state index contributed by atoms with van der Waals surface area (Å²) in [4.78, 5) is 26.3. The number of carbonyl (C=O) groups is 2. The summed E-state index contributed by atoms with van der Waals surface area (Å²) in [6.45, 7) is 0.646. The van der Waals surface area contributed by atoms with Gasteiger partial charge in [0.25, 0.3) is 11.8 Å². The predicted molar refractivity (Wildman–Crippen MR) is 94.9 cm³/mol. The first-order valence-electron chi connectivity index (χ1n) is 8.63. The van der Waals surface area contributed by atoms with Crippen LogP contribution < -0.4 is 15.0 Å². The minimum Gasteiger partial charge on any atom is -0.484 e. The molecule has 4 rings (SSSR count). The van der Waals surface area contributed by atoms with E-state index in [2.05, 4.69) is 5.32 Å². The predicted octanol–water partition coefficient (Wildman–Crippen LogP) is 2.55. The SMILES string of the molecule is O=C(NC1CC1)c1cccc(OCC(=O)N2CCc3ccccc32)c1. The Kier molecular flexibility index (Phi) is 4.14. The molecular formula is C20H20N2O3. The second kappa shape index (κ2) is 6.59. The van der Waals surface area contributed by atoms with Gasteiger partial charge in [-0.1, -0.05) is 24.3 Å². The lowest BCUT2D eigenvalue weighted by Gasteiger charge is -2.17. The van der Waals surface area contributed by atoms with E-state index in [0.717, 1.165) is 24.9 Å². The molecule has 0 saturated heterocycles. The highest BCUT2D eigenvalue weighted by Gasteiger charge is 2.25. The summed E-state index contributed by atoms with van der Waals surface area (Å²) >= 11 is 0. The van der Waals surface area contributed by atoms with Gasteiger partial charge >= 0.3 is 0 Å². The number of fused-ring (bicyclic) bond motifs is 1. The van der Waals surface area contributed by atoms with E-state index in [-0.39, 0.29) is 18.4 Å². The summed E-state index contributed by atoms with van der Waals surface area (Å²) in [6.07, 6.45) is 2.97. The van der Waals surface area contributed by atoms with E-state index in [1.54, 1.807) is 29.2 Å². The minimum atomic E-state index is -0.0900. The molecule has 2 amide bonds. The van der Waals surface area contributed by atoms with Crippen molar-refractivity contribution in [3.8, 4) is 5.75 Å². The molecule has 25 heavy (non-hydrogen) atoms. The lowest BCUT2D eigenvalue weighted by Crippen LogP contribution is -2.33. The number of hydrogen-bond donors (Lipinski definition) is 1. The normalized spacial score (nSPS) is 15.6. The molecule has 0 atom stereocenters. The maximum absolute atomic E-state index is 12.5. The molecule has 2 aliphatic rings. The number of carbonyl (C=O) groups excluding carboxylic acids is 2. The van der Waals surface area contributed by atoms with Crippen LogP contribution in [0.3, 0.4) is 0 Å². The van der Waals surface area contributed by atoms with Crippen molar-refractivity contribution in [2.24, 2.45) is 0 Å². The van der Waals surface area contributed by atoms with Crippen LogP contribution >= 0.6 is 0 Å². The van der Waals surface area contributed by atoms with Crippen LogP contribution in [0.4, 0.5) is 5.69 Å². The standard InChI is InChI=1S/C20H20N2O3/c23-19(22-11-10-14-4-1-2-7-18(14)22)13-25-17-6-3-5-15(12-17)20(24)21-16-8-9-16/h1-7,12,16H,8-11,13H2,(H,21,24). The van der Waals surface area contributed by atoms with Crippen molar-refractivity contribution in [2.45, 2.75) is 25.3 Å². The molecule has 128 valence electrons. The molecule has 0 spiro atoms. The average Bonchev–Trinajstić information content (AvgIpc) is 3.35. The van der Waals surface area contributed by atoms with Gasteiger partial charge < -0.3 is 15.0 Å². The van der Waals surface area contributed by atoms with Gasteiger partial charge in [-0.3, -0.25) is 9.59 Å². The summed E-state index contributed by atoms with van der Waals surface area (Å²) in [6, 6.07) is 15.2. The summed E-state index contributed by atoms with van der Waals surface area (Å²) < 4.78 is 5.64. The van der Waals surface area contributed by atoms with E-state index in [1.807, 2.05) is 24.3 Å². The summed E-state index contributed by atoms with van der Waals surface area (Å²) in [5, 5.41) is 2.95. The van der Waals surface area contributed by atoms with Crippen LogP contribution in [0.15, 0.2) is 48.5 Å². The molecule has 0 unspecified atom stereocenters. The van der Waals surface area contributed by atoms with Gasteiger partial charge in [-0.05, 0) is 49.1 Å². The van der Waals surface area contributed by atoms with Crippen LogP contribution in [-0.2, 0) is 11.2 Å². The molecule has 2 aromatic carbocycles. The Balaban J connectivity index is 1.38. The lowest BCUT2D eigenvalue weighted by atomic mass is 10.2. The zero-order valence-corrected chi connectivity index (χ0v) is 13.9. The Hall–Kier alpha value is -2.82. The molecule has 1 aliphatic carbocycles. The topological polar surface area (TPSA) is 58.6 Å². The van der Waals surface area contributed by atoms with E-state index in [0.29, 0.717) is 23.9 Å². The van der Waals surface area contributed by atoms with E-state index in [1.165, 1.54) is 5.56 Å². The van der Waals surface area contributed by atoms with E-state index in [4.69, 9.17) is 4.74 Å². The zero-order valence-electron chi connectivity index (χ0n) is 13.9. The molecule has 5 heteroatoms. The average molecular weight is 336 g/mol. The summed E-state index contributed by atoms with van der Waals surface area (Å²) in [5.41, 5.74) is 2.71. The van der Waals surface area contributed by atoms with Gasteiger partial charge in [0.2, 0.25) is 0 Å². The Morgan fingerprint density at radius 2 is 1.96 bits per heavy atom. The number of hydrogen-bond acceptors (Lipinski definition) is 3. The van der Waals surface area contributed by atoms with Gasteiger partial charge in [0.15, 0.2) is 6.61 Å². The highest BCUT2D eigenvalue weighted by atomic mass is 16.5. The molecule has 1 aliphatic heterocycles. The number of benzene rings is 2. The van der Waals surface area contributed by atoms with Crippen molar-refractivity contribution >= 4 is 17.5 Å². The van der Waals surface area contributed by atoms with Gasteiger partial charge in [-0.15, -0.1) is 0 Å². The van der Waals surface area contributed by atoms with Crippen LogP contribution in [-0.4, -0.2) is 31.0 Å². The first-order valence-corrected chi connectivity index (χ1v) is 8.63. The highest BCUT2D eigenvalue weighted by molar-refractivity contribution is 5.97. The third-order valence-electron chi connectivity index (χ3n) is 4.56. The fraction of sp³-hybridized carbons (Fsp3) is 0.300. The van der Waals surface area contributed by atoms with Gasteiger partial charge in [-0.25, -0.2) is 0 Å². The molecule has 2 aromatic rings. The van der Waals surface area contributed by atoms with Gasteiger partial charge in [0, 0.05) is 23.8 Å². The van der Waals surface area contributed by atoms with E-state index >= 15 is 0 Å². The number of amides is 2. The van der Waals surface area contributed by atoms with Crippen molar-refractivity contribution in [1.82, 2.24) is 5.32 Å². The Morgan fingerprint density at radius 1 is 1.12 bits per heavy atom. The van der Waals surface area contributed by atoms with Crippen LogP contribution in [0.5, 0.6) is 5.75 Å². The summed E-state index contributed by atoms with van der Waals surface area (Å²) in [5.74, 6) is 0.370.